The van der Waals surface area contributed by atoms with Crippen LogP contribution in [0.25, 0.3) is 0 Å². The molecule has 20 heavy (non-hydrogen) atoms. The van der Waals surface area contributed by atoms with Crippen LogP contribution in [0.3, 0.4) is 0 Å². The van der Waals surface area contributed by atoms with Crippen molar-refractivity contribution in [2.75, 3.05) is 0 Å². The summed E-state index contributed by atoms with van der Waals surface area (Å²) in [5.41, 5.74) is 5.61. The van der Waals surface area contributed by atoms with Crippen LogP contribution < -0.4 is 11.3 Å². The molecule has 0 spiro atoms. The van der Waals surface area contributed by atoms with Gasteiger partial charge in [-0.3, -0.25) is 10.5 Å². The quantitative estimate of drug-likeness (QED) is 0.656. The molecule has 1 unspecified atom stereocenters. The van der Waals surface area contributed by atoms with Crippen molar-refractivity contribution in [1.82, 2.24) is 15.2 Å². The second-order valence-electron chi connectivity index (χ2n) is 4.73. The lowest BCUT2D eigenvalue weighted by Crippen LogP contribution is -2.31. The Hall–Kier alpha value is -1.07. The average molecular weight is 313 g/mol. The lowest BCUT2D eigenvalue weighted by atomic mass is 10.0. The summed E-state index contributed by atoms with van der Waals surface area (Å²) in [5.74, 6) is 5.73. The van der Waals surface area contributed by atoms with Gasteiger partial charge in [0.05, 0.1) is 23.0 Å². The molecule has 1 heterocycles. The summed E-state index contributed by atoms with van der Waals surface area (Å²) in [5, 5.41) is 5.54. The van der Waals surface area contributed by atoms with Gasteiger partial charge < -0.3 is 0 Å². The highest BCUT2D eigenvalue weighted by Crippen LogP contribution is 2.32. The van der Waals surface area contributed by atoms with Crippen LogP contribution in [-0.4, -0.2) is 9.78 Å². The zero-order chi connectivity index (χ0) is 14.7. The van der Waals surface area contributed by atoms with Crippen molar-refractivity contribution in [3.63, 3.8) is 0 Å². The molecule has 0 radical (unpaired) electrons. The molecule has 2 rings (SSSR count). The van der Waals surface area contributed by atoms with Crippen LogP contribution in [0.4, 0.5) is 0 Å². The molecule has 108 valence electrons. The van der Waals surface area contributed by atoms with Gasteiger partial charge in [0, 0.05) is 11.6 Å². The van der Waals surface area contributed by atoms with E-state index in [2.05, 4.69) is 17.4 Å². The fourth-order valence-corrected chi connectivity index (χ4v) is 2.83. The zero-order valence-corrected chi connectivity index (χ0v) is 13.0. The zero-order valence-electron chi connectivity index (χ0n) is 11.5. The molecule has 0 aliphatic heterocycles. The number of rotatable bonds is 5. The van der Waals surface area contributed by atoms with Gasteiger partial charge in [-0.1, -0.05) is 42.3 Å². The van der Waals surface area contributed by atoms with Crippen LogP contribution in [0.1, 0.15) is 36.2 Å². The van der Waals surface area contributed by atoms with Crippen molar-refractivity contribution in [2.24, 2.45) is 5.84 Å². The minimum Gasteiger partial charge on any atom is -0.271 e. The molecule has 0 amide bonds. The third kappa shape index (κ3) is 2.99. The number of aryl methyl sites for hydroxylation is 2. The number of hydrazine groups is 1. The third-order valence-electron chi connectivity index (χ3n) is 3.18. The van der Waals surface area contributed by atoms with E-state index in [1.807, 2.05) is 29.8 Å². The predicted molar refractivity (Wildman–Crippen MR) is 82.9 cm³/mol. The second kappa shape index (κ2) is 6.59. The Bertz CT molecular complexity index is 595. The minimum absolute atomic E-state index is 0.287. The Morgan fingerprint density at radius 2 is 2.10 bits per heavy atom. The number of hydrogen-bond donors (Lipinski definition) is 2. The molecule has 0 saturated carbocycles. The fourth-order valence-electron chi connectivity index (χ4n) is 2.23. The van der Waals surface area contributed by atoms with Gasteiger partial charge in [0.25, 0.3) is 0 Å². The van der Waals surface area contributed by atoms with E-state index in [-0.39, 0.29) is 6.04 Å². The molecule has 0 aliphatic carbocycles. The molecule has 2 aromatic rings. The summed E-state index contributed by atoms with van der Waals surface area (Å²) in [6.45, 7) is 4.86. The van der Waals surface area contributed by atoms with Crippen molar-refractivity contribution >= 4 is 23.2 Å². The molecule has 1 atom stereocenters. The number of benzene rings is 1. The molecule has 0 bridgehead atoms. The number of nitrogens with two attached hydrogens (primary N) is 1. The molecular weight excluding hydrogens is 295 g/mol. The van der Waals surface area contributed by atoms with Gasteiger partial charge in [-0.15, -0.1) is 0 Å². The van der Waals surface area contributed by atoms with Crippen LogP contribution in [0.2, 0.25) is 10.0 Å². The van der Waals surface area contributed by atoms with Gasteiger partial charge in [0.1, 0.15) is 0 Å². The van der Waals surface area contributed by atoms with E-state index in [0.717, 1.165) is 29.8 Å². The summed E-state index contributed by atoms with van der Waals surface area (Å²) in [4.78, 5) is 0. The van der Waals surface area contributed by atoms with E-state index in [1.165, 1.54) is 0 Å². The Balaban J connectivity index is 2.49. The lowest BCUT2D eigenvalue weighted by molar-refractivity contribution is 0.521. The normalized spacial score (nSPS) is 12.7. The maximum atomic E-state index is 6.33. The predicted octanol–water partition coefficient (Wildman–Crippen LogP) is 3.46. The third-order valence-corrected chi connectivity index (χ3v) is 3.79. The number of nitrogens with one attached hydrogen (secondary N) is 1. The second-order valence-corrected chi connectivity index (χ2v) is 5.54. The van der Waals surface area contributed by atoms with Gasteiger partial charge in [-0.25, -0.2) is 5.43 Å². The standard InChI is InChI=1S/C14H18Cl2N4/c1-3-6-20-14(12(16)8-18-20)13(19-17)10-5-4-9(2)7-11(10)15/h4-5,7-8,13,19H,3,6,17H2,1-2H3. The summed E-state index contributed by atoms with van der Waals surface area (Å²) in [6, 6.07) is 5.59. The number of nitrogens with zero attached hydrogens (tertiary/aromatic N) is 2. The van der Waals surface area contributed by atoms with Crippen molar-refractivity contribution < 1.29 is 0 Å². The van der Waals surface area contributed by atoms with Crippen molar-refractivity contribution in [2.45, 2.75) is 32.9 Å². The summed E-state index contributed by atoms with van der Waals surface area (Å²) < 4.78 is 1.86. The molecule has 6 heteroatoms. The monoisotopic (exact) mass is 312 g/mol. The van der Waals surface area contributed by atoms with E-state index in [0.29, 0.717) is 10.0 Å². The Morgan fingerprint density at radius 1 is 1.35 bits per heavy atom. The van der Waals surface area contributed by atoms with E-state index < -0.39 is 0 Å². The number of halogens is 2. The van der Waals surface area contributed by atoms with E-state index in [1.54, 1.807) is 6.20 Å². The molecular formula is C14H18Cl2N4. The Kier molecular flexibility index (Phi) is 5.05. The minimum atomic E-state index is -0.287. The summed E-state index contributed by atoms with van der Waals surface area (Å²) in [6.07, 6.45) is 2.60. The molecule has 3 N–H and O–H groups in total. The van der Waals surface area contributed by atoms with Gasteiger partial charge in [-0.2, -0.15) is 5.10 Å². The first kappa shape index (κ1) is 15.3. The van der Waals surface area contributed by atoms with Crippen molar-refractivity contribution in [3.05, 3.63) is 51.3 Å². The maximum absolute atomic E-state index is 6.33. The lowest BCUT2D eigenvalue weighted by Gasteiger charge is -2.20. The van der Waals surface area contributed by atoms with Crippen LogP contribution >= 0.6 is 23.2 Å². The van der Waals surface area contributed by atoms with Gasteiger partial charge in [0.2, 0.25) is 0 Å². The highest BCUT2D eigenvalue weighted by Gasteiger charge is 2.22. The fraction of sp³-hybridized carbons (Fsp3) is 0.357. The first-order chi connectivity index (χ1) is 9.58. The Labute approximate surface area is 128 Å². The first-order valence-corrected chi connectivity index (χ1v) is 7.27. The maximum Gasteiger partial charge on any atom is 0.0907 e. The Morgan fingerprint density at radius 3 is 2.70 bits per heavy atom. The number of aromatic nitrogens is 2. The van der Waals surface area contributed by atoms with Gasteiger partial charge in [-0.05, 0) is 30.5 Å². The molecule has 4 nitrogen and oxygen atoms in total. The molecule has 0 aliphatic rings. The van der Waals surface area contributed by atoms with E-state index >= 15 is 0 Å². The highest BCUT2D eigenvalue weighted by atomic mass is 35.5. The van der Waals surface area contributed by atoms with Crippen LogP contribution in [0.5, 0.6) is 0 Å². The summed E-state index contributed by atoms with van der Waals surface area (Å²) >= 11 is 12.6. The molecule has 0 fully saturated rings. The van der Waals surface area contributed by atoms with E-state index in [9.17, 15) is 0 Å². The van der Waals surface area contributed by atoms with E-state index in [4.69, 9.17) is 29.0 Å². The smallest absolute Gasteiger partial charge is 0.0907 e. The SMILES string of the molecule is CCCn1ncc(Cl)c1C(NN)c1ccc(C)cc1Cl. The van der Waals surface area contributed by atoms with Crippen LogP contribution in [0.15, 0.2) is 24.4 Å². The van der Waals surface area contributed by atoms with Gasteiger partial charge in [0.15, 0.2) is 0 Å². The number of hydrogen-bond acceptors (Lipinski definition) is 3. The van der Waals surface area contributed by atoms with Crippen LogP contribution in [0, 0.1) is 6.92 Å². The topological polar surface area (TPSA) is 55.9 Å². The highest BCUT2D eigenvalue weighted by molar-refractivity contribution is 6.32. The summed E-state index contributed by atoms with van der Waals surface area (Å²) in [7, 11) is 0. The van der Waals surface area contributed by atoms with Gasteiger partial charge >= 0.3 is 0 Å². The molecule has 0 saturated heterocycles. The molecule has 1 aromatic heterocycles. The average Bonchev–Trinajstić information content (AvgIpc) is 2.75. The largest absolute Gasteiger partial charge is 0.271 e. The van der Waals surface area contributed by atoms with Crippen LogP contribution in [-0.2, 0) is 6.54 Å². The van der Waals surface area contributed by atoms with Crippen molar-refractivity contribution in [1.29, 1.82) is 0 Å². The molecule has 1 aromatic carbocycles. The first-order valence-electron chi connectivity index (χ1n) is 6.51. The van der Waals surface area contributed by atoms with Crippen molar-refractivity contribution in [3.8, 4) is 0 Å².